The van der Waals surface area contributed by atoms with Gasteiger partial charge in [0.2, 0.25) is 5.95 Å². The molecule has 1 aromatic carbocycles. The van der Waals surface area contributed by atoms with Crippen LogP contribution >= 0.6 is 0 Å². The highest BCUT2D eigenvalue weighted by molar-refractivity contribution is 5.84. The van der Waals surface area contributed by atoms with Crippen LogP contribution in [0.5, 0.6) is 5.75 Å². The molecule has 1 atom stereocenters. The van der Waals surface area contributed by atoms with Crippen molar-refractivity contribution in [2.75, 3.05) is 5.73 Å². The quantitative estimate of drug-likeness (QED) is 0.922. The van der Waals surface area contributed by atoms with Crippen molar-refractivity contribution in [3.05, 3.63) is 18.2 Å². The van der Waals surface area contributed by atoms with E-state index in [1.54, 1.807) is 0 Å². The van der Waals surface area contributed by atoms with E-state index >= 15 is 0 Å². The van der Waals surface area contributed by atoms with E-state index in [1.165, 1.54) is 0 Å². The predicted octanol–water partition coefficient (Wildman–Crippen LogP) is 4.09. The molecule has 0 fully saturated rings. The third-order valence-electron chi connectivity index (χ3n) is 4.07. The van der Waals surface area contributed by atoms with Gasteiger partial charge in [0.05, 0.1) is 11.6 Å². The standard InChI is InChI=1S/C17H27N3O/c1-11(2)21-14-9-7-8-13-15(14)19-16(18)20(13)10-12(3)17(4,5)6/h7-9,11-12H,10H2,1-6H3,(H2,18,19). The molecule has 116 valence electrons. The van der Waals surface area contributed by atoms with E-state index in [-0.39, 0.29) is 11.5 Å². The highest BCUT2D eigenvalue weighted by Gasteiger charge is 2.22. The van der Waals surface area contributed by atoms with Crippen LogP contribution in [-0.4, -0.2) is 15.7 Å². The third kappa shape index (κ3) is 3.31. The van der Waals surface area contributed by atoms with Gasteiger partial charge in [0, 0.05) is 6.54 Å². The average molecular weight is 289 g/mol. The normalized spacial score (nSPS) is 13.9. The highest BCUT2D eigenvalue weighted by Crippen LogP contribution is 2.32. The number of nitrogen functional groups attached to an aromatic ring is 1. The summed E-state index contributed by atoms with van der Waals surface area (Å²) in [5.74, 6) is 1.85. The lowest BCUT2D eigenvalue weighted by atomic mass is 9.82. The molecule has 0 spiro atoms. The second-order valence-corrected chi connectivity index (χ2v) is 7.14. The van der Waals surface area contributed by atoms with E-state index in [4.69, 9.17) is 10.5 Å². The van der Waals surface area contributed by atoms with Crippen LogP contribution in [0.3, 0.4) is 0 Å². The predicted molar refractivity (Wildman–Crippen MR) is 88.5 cm³/mol. The number of nitrogens with zero attached hydrogens (tertiary/aromatic N) is 2. The molecule has 2 aromatic rings. The Hall–Kier alpha value is -1.71. The molecule has 0 aliphatic rings. The second kappa shape index (κ2) is 5.58. The van der Waals surface area contributed by atoms with Gasteiger partial charge in [0.25, 0.3) is 0 Å². The zero-order valence-electron chi connectivity index (χ0n) is 14.0. The number of rotatable bonds is 4. The van der Waals surface area contributed by atoms with Gasteiger partial charge >= 0.3 is 0 Å². The van der Waals surface area contributed by atoms with E-state index in [1.807, 2.05) is 26.0 Å². The van der Waals surface area contributed by atoms with Gasteiger partial charge in [0.1, 0.15) is 11.3 Å². The van der Waals surface area contributed by atoms with Crippen molar-refractivity contribution in [3.8, 4) is 5.75 Å². The summed E-state index contributed by atoms with van der Waals surface area (Å²) in [5, 5.41) is 0. The van der Waals surface area contributed by atoms with Crippen LogP contribution in [0.4, 0.5) is 5.95 Å². The fraction of sp³-hybridized carbons (Fsp3) is 0.588. The van der Waals surface area contributed by atoms with Crippen LogP contribution in [0.2, 0.25) is 0 Å². The number of ether oxygens (including phenoxy) is 1. The lowest BCUT2D eigenvalue weighted by Crippen LogP contribution is -2.23. The van der Waals surface area contributed by atoms with Gasteiger partial charge < -0.3 is 15.0 Å². The largest absolute Gasteiger partial charge is 0.489 e. The molecule has 0 aliphatic carbocycles. The van der Waals surface area contributed by atoms with Gasteiger partial charge in [-0.1, -0.05) is 33.8 Å². The summed E-state index contributed by atoms with van der Waals surface area (Å²) in [6.45, 7) is 13.9. The summed E-state index contributed by atoms with van der Waals surface area (Å²) in [5.41, 5.74) is 8.27. The number of hydrogen-bond acceptors (Lipinski definition) is 3. The van der Waals surface area contributed by atoms with E-state index in [9.17, 15) is 0 Å². The van der Waals surface area contributed by atoms with Gasteiger partial charge in [0.15, 0.2) is 0 Å². The summed E-state index contributed by atoms with van der Waals surface area (Å²) < 4.78 is 7.93. The summed E-state index contributed by atoms with van der Waals surface area (Å²) in [6, 6.07) is 6.01. The summed E-state index contributed by atoms with van der Waals surface area (Å²) in [4.78, 5) is 4.52. The maximum Gasteiger partial charge on any atom is 0.201 e. The molecule has 2 N–H and O–H groups in total. The minimum Gasteiger partial charge on any atom is -0.489 e. The summed E-state index contributed by atoms with van der Waals surface area (Å²) in [6.07, 6.45) is 0.121. The molecule has 0 aliphatic heterocycles. The number of hydrogen-bond donors (Lipinski definition) is 1. The Bertz CT molecular complexity index is 623. The Morgan fingerprint density at radius 2 is 1.90 bits per heavy atom. The fourth-order valence-electron chi connectivity index (χ4n) is 2.23. The summed E-state index contributed by atoms with van der Waals surface area (Å²) >= 11 is 0. The molecular formula is C17H27N3O. The minimum absolute atomic E-state index is 0.121. The van der Waals surface area contributed by atoms with E-state index in [0.29, 0.717) is 11.9 Å². The second-order valence-electron chi connectivity index (χ2n) is 7.14. The number of nitrogens with two attached hydrogens (primary N) is 1. The lowest BCUT2D eigenvalue weighted by Gasteiger charge is -2.28. The SMILES string of the molecule is CC(C)Oc1cccc2c1nc(N)n2CC(C)C(C)(C)C. The van der Waals surface area contributed by atoms with Crippen LogP contribution in [-0.2, 0) is 6.54 Å². The highest BCUT2D eigenvalue weighted by atomic mass is 16.5. The Kier molecular flexibility index (Phi) is 4.17. The zero-order valence-corrected chi connectivity index (χ0v) is 14.0. The topological polar surface area (TPSA) is 53.1 Å². The molecule has 4 nitrogen and oxygen atoms in total. The van der Waals surface area contributed by atoms with E-state index in [0.717, 1.165) is 23.3 Å². The molecule has 0 saturated heterocycles. The van der Waals surface area contributed by atoms with E-state index < -0.39 is 0 Å². The molecule has 0 bridgehead atoms. The first-order chi connectivity index (χ1) is 9.70. The molecular weight excluding hydrogens is 262 g/mol. The van der Waals surface area contributed by atoms with Crippen LogP contribution in [0, 0.1) is 11.3 Å². The summed E-state index contributed by atoms with van der Waals surface area (Å²) in [7, 11) is 0. The maximum absolute atomic E-state index is 6.14. The Labute approximate surface area is 127 Å². The Morgan fingerprint density at radius 3 is 2.48 bits per heavy atom. The Morgan fingerprint density at radius 1 is 1.24 bits per heavy atom. The average Bonchev–Trinajstić information content (AvgIpc) is 2.66. The first kappa shape index (κ1) is 15.7. The first-order valence-corrected chi connectivity index (χ1v) is 7.61. The molecule has 2 rings (SSSR count). The number of imidazole rings is 1. The molecule has 21 heavy (non-hydrogen) atoms. The Balaban J connectivity index is 2.44. The monoisotopic (exact) mass is 289 g/mol. The van der Waals surface area contributed by atoms with Crippen molar-refractivity contribution in [2.45, 2.75) is 54.2 Å². The number of para-hydroxylation sites is 1. The number of aromatic nitrogens is 2. The maximum atomic E-state index is 6.14. The first-order valence-electron chi connectivity index (χ1n) is 7.61. The molecule has 1 heterocycles. The van der Waals surface area contributed by atoms with Crippen LogP contribution in [0.25, 0.3) is 11.0 Å². The van der Waals surface area contributed by atoms with Crippen molar-refractivity contribution in [2.24, 2.45) is 11.3 Å². The van der Waals surface area contributed by atoms with Crippen molar-refractivity contribution in [1.82, 2.24) is 9.55 Å². The minimum atomic E-state index is 0.121. The van der Waals surface area contributed by atoms with Gasteiger partial charge in [-0.25, -0.2) is 4.98 Å². The molecule has 1 aromatic heterocycles. The van der Waals surface area contributed by atoms with Gasteiger partial charge in [-0.15, -0.1) is 0 Å². The van der Waals surface area contributed by atoms with Crippen molar-refractivity contribution in [1.29, 1.82) is 0 Å². The van der Waals surface area contributed by atoms with Crippen molar-refractivity contribution < 1.29 is 4.74 Å². The van der Waals surface area contributed by atoms with Crippen molar-refractivity contribution >= 4 is 17.0 Å². The van der Waals surface area contributed by atoms with E-state index in [2.05, 4.69) is 43.3 Å². The van der Waals surface area contributed by atoms with Gasteiger partial charge in [-0.3, -0.25) is 0 Å². The molecule has 0 saturated carbocycles. The van der Waals surface area contributed by atoms with Crippen LogP contribution in [0.1, 0.15) is 41.5 Å². The molecule has 4 heteroatoms. The van der Waals surface area contributed by atoms with Crippen molar-refractivity contribution in [3.63, 3.8) is 0 Å². The number of anilines is 1. The molecule has 0 amide bonds. The lowest BCUT2D eigenvalue weighted by molar-refractivity contribution is 0.235. The fourth-order valence-corrected chi connectivity index (χ4v) is 2.23. The zero-order chi connectivity index (χ0) is 15.8. The number of benzene rings is 1. The molecule has 1 unspecified atom stereocenters. The van der Waals surface area contributed by atoms with Gasteiger partial charge in [-0.05, 0) is 37.3 Å². The van der Waals surface area contributed by atoms with Gasteiger partial charge in [-0.2, -0.15) is 0 Å². The number of fused-ring (bicyclic) bond motifs is 1. The van der Waals surface area contributed by atoms with Crippen LogP contribution < -0.4 is 10.5 Å². The van der Waals surface area contributed by atoms with Crippen LogP contribution in [0.15, 0.2) is 18.2 Å². The smallest absolute Gasteiger partial charge is 0.201 e. The molecule has 0 radical (unpaired) electrons. The third-order valence-corrected chi connectivity index (χ3v) is 4.07.